The van der Waals surface area contributed by atoms with E-state index in [1.54, 1.807) is 36.4 Å². The fourth-order valence-electron chi connectivity index (χ4n) is 2.19. The van der Waals surface area contributed by atoms with Crippen LogP contribution in [0.2, 0.25) is 5.02 Å². The van der Waals surface area contributed by atoms with Gasteiger partial charge in [0.2, 0.25) is 0 Å². The monoisotopic (exact) mass is 352 g/mol. The number of nitrogens with zero attached hydrogens (tertiary/aromatic N) is 1. The first-order chi connectivity index (χ1) is 12.2. The van der Waals surface area contributed by atoms with Crippen LogP contribution < -0.4 is 5.32 Å². The van der Waals surface area contributed by atoms with E-state index in [1.165, 1.54) is 12.3 Å². The Morgan fingerprint density at radius 1 is 1.24 bits per heavy atom. The number of furan rings is 2. The van der Waals surface area contributed by atoms with Crippen molar-refractivity contribution in [2.45, 2.75) is 6.54 Å². The van der Waals surface area contributed by atoms with E-state index in [2.05, 4.69) is 5.32 Å². The van der Waals surface area contributed by atoms with Crippen LogP contribution in [0.25, 0.3) is 17.4 Å². The summed E-state index contributed by atoms with van der Waals surface area (Å²) in [6, 6.07) is 16.0. The highest BCUT2D eigenvalue weighted by Crippen LogP contribution is 2.25. The molecule has 0 spiro atoms. The number of halogens is 1. The molecule has 1 N–H and O–H groups in total. The van der Waals surface area contributed by atoms with Crippen LogP contribution in [0.3, 0.4) is 0 Å². The highest BCUT2D eigenvalue weighted by Gasteiger charge is 2.11. The van der Waals surface area contributed by atoms with E-state index in [1.807, 2.05) is 18.2 Å². The third kappa shape index (κ3) is 4.19. The van der Waals surface area contributed by atoms with E-state index in [0.29, 0.717) is 22.3 Å². The molecule has 0 saturated heterocycles. The van der Waals surface area contributed by atoms with E-state index in [9.17, 15) is 10.1 Å². The van der Waals surface area contributed by atoms with Gasteiger partial charge in [-0.15, -0.1) is 0 Å². The molecule has 1 amide bonds. The molecule has 0 aliphatic heterocycles. The number of hydrogen-bond donors (Lipinski definition) is 1. The normalized spacial score (nSPS) is 11.1. The fraction of sp³-hybridized carbons (Fsp3) is 0.0526. The minimum atomic E-state index is -0.500. The molecule has 0 fully saturated rings. The smallest absolute Gasteiger partial charge is 0.262 e. The third-order valence-corrected chi connectivity index (χ3v) is 3.63. The van der Waals surface area contributed by atoms with Gasteiger partial charge in [-0.1, -0.05) is 23.7 Å². The van der Waals surface area contributed by atoms with Gasteiger partial charge >= 0.3 is 0 Å². The van der Waals surface area contributed by atoms with Crippen molar-refractivity contribution >= 4 is 23.6 Å². The molecule has 0 aliphatic carbocycles. The van der Waals surface area contributed by atoms with Gasteiger partial charge in [-0.2, -0.15) is 5.26 Å². The second-order valence-corrected chi connectivity index (χ2v) is 5.58. The number of hydrogen-bond acceptors (Lipinski definition) is 4. The lowest BCUT2D eigenvalue weighted by atomic mass is 10.2. The second-order valence-electron chi connectivity index (χ2n) is 5.14. The zero-order valence-electron chi connectivity index (χ0n) is 13.0. The van der Waals surface area contributed by atoms with Crippen LogP contribution in [-0.4, -0.2) is 5.91 Å². The van der Waals surface area contributed by atoms with Gasteiger partial charge in [0.15, 0.2) is 0 Å². The Kier molecular flexibility index (Phi) is 5.03. The van der Waals surface area contributed by atoms with Crippen molar-refractivity contribution in [2.75, 3.05) is 0 Å². The summed E-state index contributed by atoms with van der Waals surface area (Å²) in [5, 5.41) is 12.4. The zero-order chi connectivity index (χ0) is 17.6. The highest BCUT2D eigenvalue weighted by molar-refractivity contribution is 6.30. The molecule has 2 aromatic heterocycles. The van der Waals surface area contributed by atoms with Crippen molar-refractivity contribution in [3.63, 3.8) is 0 Å². The second kappa shape index (κ2) is 7.56. The molecule has 0 saturated carbocycles. The molecular formula is C19H13ClN2O3. The highest BCUT2D eigenvalue weighted by atomic mass is 35.5. The Hall–Kier alpha value is -3.23. The molecule has 0 atom stereocenters. The van der Waals surface area contributed by atoms with Gasteiger partial charge in [0.05, 0.1) is 12.8 Å². The summed E-state index contributed by atoms with van der Waals surface area (Å²) in [4.78, 5) is 12.1. The van der Waals surface area contributed by atoms with Crippen molar-refractivity contribution < 1.29 is 13.6 Å². The maximum absolute atomic E-state index is 12.1. The molecule has 0 aliphatic rings. The predicted octanol–water partition coefficient (Wildman–Crippen LogP) is 4.42. The molecule has 25 heavy (non-hydrogen) atoms. The standard InChI is InChI=1S/C19H13ClN2O3/c20-15-4-1-3-13(9-15)18-7-6-16(25-18)10-14(11-21)19(23)22-12-17-5-2-8-24-17/h1-10H,12H2,(H,22,23). The van der Waals surface area contributed by atoms with Gasteiger partial charge in [-0.3, -0.25) is 4.79 Å². The van der Waals surface area contributed by atoms with Gasteiger partial charge < -0.3 is 14.2 Å². The molecule has 1 aromatic carbocycles. The molecule has 5 nitrogen and oxygen atoms in total. The average Bonchev–Trinajstić information content (AvgIpc) is 3.29. The van der Waals surface area contributed by atoms with Crippen LogP contribution in [0, 0.1) is 11.3 Å². The van der Waals surface area contributed by atoms with E-state index < -0.39 is 5.91 Å². The van der Waals surface area contributed by atoms with Gasteiger partial charge in [-0.05, 0) is 36.4 Å². The predicted molar refractivity (Wildman–Crippen MR) is 93.3 cm³/mol. The summed E-state index contributed by atoms with van der Waals surface area (Å²) in [6.07, 6.45) is 2.91. The van der Waals surface area contributed by atoms with Crippen molar-refractivity contribution in [2.24, 2.45) is 0 Å². The molecular weight excluding hydrogens is 340 g/mol. The van der Waals surface area contributed by atoms with Gasteiger partial charge in [0, 0.05) is 16.7 Å². The largest absolute Gasteiger partial charge is 0.467 e. The lowest BCUT2D eigenvalue weighted by molar-refractivity contribution is -0.117. The Balaban J connectivity index is 1.74. The van der Waals surface area contributed by atoms with Crippen LogP contribution in [-0.2, 0) is 11.3 Å². The Morgan fingerprint density at radius 3 is 2.84 bits per heavy atom. The van der Waals surface area contributed by atoms with Crippen LogP contribution in [0.15, 0.2) is 69.2 Å². The lowest BCUT2D eigenvalue weighted by Crippen LogP contribution is -2.23. The Labute approximate surface area is 149 Å². The molecule has 3 rings (SSSR count). The number of nitrogens with one attached hydrogen (secondary N) is 1. The number of rotatable bonds is 5. The first-order valence-electron chi connectivity index (χ1n) is 7.44. The SMILES string of the molecule is N#CC(=Cc1ccc(-c2cccc(Cl)c2)o1)C(=O)NCc1ccco1. The number of carbonyl (C=O) groups is 1. The molecule has 0 radical (unpaired) electrons. The summed E-state index contributed by atoms with van der Waals surface area (Å²) in [5.74, 6) is 1.10. The van der Waals surface area contributed by atoms with Crippen LogP contribution in [0.4, 0.5) is 0 Å². The van der Waals surface area contributed by atoms with Crippen molar-refractivity contribution in [3.05, 3.63) is 76.9 Å². The first kappa shape index (κ1) is 16.6. The number of benzene rings is 1. The first-order valence-corrected chi connectivity index (χ1v) is 7.81. The number of nitriles is 1. The van der Waals surface area contributed by atoms with Crippen LogP contribution >= 0.6 is 11.6 Å². The number of amides is 1. The Bertz CT molecular complexity index is 949. The van der Waals surface area contributed by atoms with Gasteiger partial charge in [0.1, 0.15) is 28.9 Å². The summed E-state index contributed by atoms with van der Waals surface area (Å²) in [6.45, 7) is 0.205. The fourth-order valence-corrected chi connectivity index (χ4v) is 2.38. The third-order valence-electron chi connectivity index (χ3n) is 3.39. The maximum Gasteiger partial charge on any atom is 0.262 e. The van der Waals surface area contributed by atoms with E-state index >= 15 is 0 Å². The van der Waals surface area contributed by atoms with E-state index in [4.69, 9.17) is 20.4 Å². The van der Waals surface area contributed by atoms with Crippen molar-refractivity contribution in [1.82, 2.24) is 5.32 Å². The maximum atomic E-state index is 12.1. The average molecular weight is 353 g/mol. The summed E-state index contributed by atoms with van der Waals surface area (Å²) in [5.41, 5.74) is 0.756. The lowest BCUT2D eigenvalue weighted by Gasteiger charge is -2.01. The molecule has 124 valence electrons. The van der Waals surface area contributed by atoms with E-state index in [0.717, 1.165) is 5.56 Å². The zero-order valence-corrected chi connectivity index (χ0v) is 13.8. The number of carbonyl (C=O) groups excluding carboxylic acids is 1. The summed E-state index contributed by atoms with van der Waals surface area (Å²) >= 11 is 5.97. The van der Waals surface area contributed by atoms with Crippen molar-refractivity contribution in [1.29, 1.82) is 5.26 Å². The topological polar surface area (TPSA) is 79.2 Å². The summed E-state index contributed by atoms with van der Waals surface area (Å²) < 4.78 is 10.8. The van der Waals surface area contributed by atoms with Crippen molar-refractivity contribution in [3.8, 4) is 17.4 Å². The molecule has 6 heteroatoms. The van der Waals surface area contributed by atoms with Crippen LogP contribution in [0.1, 0.15) is 11.5 Å². The molecule has 0 bridgehead atoms. The molecule has 3 aromatic rings. The Morgan fingerprint density at radius 2 is 2.12 bits per heavy atom. The van der Waals surface area contributed by atoms with Gasteiger partial charge in [0.25, 0.3) is 5.91 Å². The molecule has 2 heterocycles. The van der Waals surface area contributed by atoms with Crippen LogP contribution in [0.5, 0.6) is 0 Å². The quantitative estimate of drug-likeness (QED) is 0.544. The van der Waals surface area contributed by atoms with Gasteiger partial charge in [-0.25, -0.2) is 0 Å². The molecule has 0 unspecified atom stereocenters. The minimum Gasteiger partial charge on any atom is -0.467 e. The van der Waals surface area contributed by atoms with E-state index in [-0.39, 0.29) is 12.1 Å². The summed E-state index contributed by atoms with van der Waals surface area (Å²) in [7, 11) is 0. The minimum absolute atomic E-state index is 0.0569.